The van der Waals surface area contributed by atoms with Gasteiger partial charge in [-0.3, -0.25) is 9.69 Å². The molecule has 184 valence electrons. The number of benzene rings is 2. The molecular formula is C28H30N6O2. The Morgan fingerprint density at radius 1 is 1.03 bits per heavy atom. The van der Waals surface area contributed by atoms with Crippen molar-refractivity contribution in [3.05, 3.63) is 112 Å². The Bertz CT molecular complexity index is 1510. The van der Waals surface area contributed by atoms with E-state index in [2.05, 4.69) is 43.6 Å². The van der Waals surface area contributed by atoms with Crippen LogP contribution >= 0.6 is 0 Å². The fraction of sp³-hybridized carbons (Fsp3) is 0.286. The molecule has 3 heterocycles. The van der Waals surface area contributed by atoms with E-state index in [0.717, 1.165) is 27.8 Å². The third-order valence-electron chi connectivity index (χ3n) is 6.23. The maximum Gasteiger partial charge on any atom is 0.253 e. The smallest absolute Gasteiger partial charge is 0.253 e. The number of aromatic nitrogens is 5. The average molecular weight is 483 g/mol. The number of pyridine rings is 1. The molecule has 2 aromatic carbocycles. The van der Waals surface area contributed by atoms with Gasteiger partial charge in [-0.2, -0.15) is 0 Å². The van der Waals surface area contributed by atoms with Crippen LogP contribution in [-0.4, -0.2) is 30.1 Å². The molecule has 8 nitrogen and oxygen atoms in total. The first-order valence-electron chi connectivity index (χ1n) is 12.0. The highest BCUT2D eigenvalue weighted by Gasteiger charge is 2.34. The number of fused-ring (bicyclic) bond motifs is 1. The maximum atomic E-state index is 13.6. The lowest BCUT2D eigenvalue weighted by atomic mass is 10.00. The highest BCUT2D eigenvalue weighted by atomic mass is 16.3. The van der Waals surface area contributed by atoms with Crippen molar-refractivity contribution in [1.29, 1.82) is 0 Å². The molecule has 3 aromatic heterocycles. The van der Waals surface area contributed by atoms with Crippen molar-refractivity contribution in [2.75, 3.05) is 0 Å². The van der Waals surface area contributed by atoms with E-state index in [4.69, 9.17) is 4.42 Å². The summed E-state index contributed by atoms with van der Waals surface area (Å²) < 4.78 is 7.54. The molecule has 0 aliphatic rings. The van der Waals surface area contributed by atoms with Gasteiger partial charge in [0, 0.05) is 17.6 Å². The van der Waals surface area contributed by atoms with Crippen LogP contribution in [0.2, 0.25) is 0 Å². The summed E-state index contributed by atoms with van der Waals surface area (Å²) in [4.78, 5) is 18.9. The molecule has 5 aromatic rings. The second-order valence-electron chi connectivity index (χ2n) is 10.1. The first-order valence-corrected chi connectivity index (χ1v) is 12.0. The molecule has 1 N–H and O–H groups in total. The van der Waals surface area contributed by atoms with Crippen molar-refractivity contribution in [3.63, 3.8) is 0 Å². The van der Waals surface area contributed by atoms with E-state index in [-0.39, 0.29) is 11.1 Å². The third kappa shape index (κ3) is 4.85. The molecule has 0 aliphatic heterocycles. The number of furan rings is 1. The Labute approximate surface area is 209 Å². The molecule has 0 saturated heterocycles. The van der Waals surface area contributed by atoms with Gasteiger partial charge in [-0.15, -0.1) is 5.10 Å². The van der Waals surface area contributed by atoms with E-state index in [9.17, 15) is 4.79 Å². The van der Waals surface area contributed by atoms with E-state index < -0.39 is 6.04 Å². The zero-order valence-corrected chi connectivity index (χ0v) is 21.0. The summed E-state index contributed by atoms with van der Waals surface area (Å²) >= 11 is 0. The molecule has 0 fully saturated rings. The SMILES string of the molecule is Cc1ccc2[nH]c(=O)c(C(c3nnnn3C(C)(C)C)N(Cc3ccccc3)Cc3ccco3)cc2c1. The maximum absolute atomic E-state index is 13.6. The van der Waals surface area contributed by atoms with Crippen LogP contribution in [0.5, 0.6) is 0 Å². The van der Waals surface area contributed by atoms with Gasteiger partial charge in [0.15, 0.2) is 5.82 Å². The summed E-state index contributed by atoms with van der Waals surface area (Å²) in [6.45, 7) is 9.22. The Kier molecular flexibility index (Phi) is 6.28. The number of nitrogens with one attached hydrogen (secondary N) is 1. The van der Waals surface area contributed by atoms with Gasteiger partial charge in [-0.25, -0.2) is 4.68 Å². The standard InChI is InChI=1S/C28H30N6O2/c1-19-12-13-24-21(15-19)16-23(27(35)29-24)25(26-30-31-32-34(26)28(2,3)4)33(18-22-11-8-14-36-22)17-20-9-6-5-7-10-20/h5-16,25H,17-18H2,1-4H3,(H,29,35). The number of hydrogen-bond donors (Lipinski definition) is 1. The summed E-state index contributed by atoms with van der Waals surface area (Å²) in [5.41, 5.74) is 3.04. The van der Waals surface area contributed by atoms with Crippen LogP contribution in [0, 0.1) is 6.92 Å². The normalized spacial score (nSPS) is 12.9. The predicted octanol–water partition coefficient (Wildman–Crippen LogP) is 4.96. The van der Waals surface area contributed by atoms with Crippen LogP contribution in [0.25, 0.3) is 10.9 Å². The summed E-state index contributed by atoms with van der Waals surface area (Å²) in [6, 6.07) is 21.4. The van der Waals surface area contributed by atoms with Crippen molar-refractivity contribution in [2.45, 2.75) is 52.4 Å². The first kappa shape index (κ1) is 23.7. The van der Waals surface area contributed by atoms with E-state index in [1.165, 1.54) is 0 Å². The van der Waals surface area contributed by atoms with E-state index in [0.29, 0.717) is 24.5 Å². The number of hydrogen-bond acceptors (Lipinski definition) is 6. The topological polar surface area (TPSA) is 92.8 Å². The van der Waals surface area contributed by atoms with Gasteiger partial charge < -0.3 is 9.40 Å². The van der Waals surface area contributed by atoms with Gasteiger partial charge in [-0.05, 0) is 79.4 Å². The number of rotatable bonds is 7. The average Bonchev–Trinajstić information content (AvgIpc) is 3.53. The second kappa shape index (κ2) is 9.54. The molecule has 36 heavy (non-hydrogen) atoms. The molecule has 0 saturated carbocycles. The molecule has 0 aliphatic carbocycles. The Hall–Kier alpha value is -4.04. The highest BCUT2D eigenvalue weighted by Crippen LogP contribution is 2.32. The van der Waals surface area contributed by atoms with Crippen LogP contribution in [0.1, 0.15) is 55.1 Å². The largest absolute Gasteiger partial charge is 0.468 e. The van der Waals surface area contributed by atoms with Crippen LogP contribution in [0.15, 0.2) is 82.2 Å². The van der Waals surface area contributed by atoms with Gasteiger partial charge >= 0.3 is 0 Å². The van der Waals surface area contributed by atoms with Crippen molar-refractivity contribution < 1.29 is 4.42 Å². The minimum atomic E-state index is -0.529. The molecule has 5 rings (SSSR count). The predicted molar refractivity (Wildman–Crippen MR) is 138 cm³/mol. The van der Waals surface area contributed by atoms with E-state index in [1.54, 1.807) is 10.9 Å². The van der Waals surface area contributed by atoms with Gasteiger partial charge in [0.25, 0.3) is 5.56 Å². The number of H-pyrrole nitrogens is 1. The third-order valence-corrected chi connectivity index (χ3v) is 6.23. The molecule has 0 radical (unpaired) electrons. The van der Waals surface area contributed by atoms with Crippen LogP contribution in [-0.2, 0) is 18.6 Å². The van der Waals surface area contributed by atoms with Crippen LogP contribution in [0.3, 0.4) is 0 Å². The van der Waals surface area contributed by atoms with Gasteiger partial charge in [0.1, 0.15) is 11.8 Å². The van der Waals surface area contributed by atoms with Crippen molar-refractivity contribution in [2.24, 2.45) is 0 Å². The van der Waals surface area contributed by atoms with Crippen molar-refractivity contribution in [1.82, 2.24) is 30.1 Å². The molecule has 1 atom stereocenters. The lowest BCUT2D eigenvalue weighted by molar-refractivity contribution is 0.171. The fourth-order valence-corrected chi connectivity index (χ4v) is 4.55. The summed E-state index contributed by atoms with van der Waals surface area (Å²) in [5.74, 6) is 1.39. The summed E-state index contributed by atoms with van der Waals surface area (Å²) in [5, 5.41) is 13.8. The molecule has 0 bridgehead atoms. The summed E-state index contributed by atoms with van der Waals surface area (Å²) in [7, 11) is 0. The monoisotopic (exact) mass is 482 g/mol. The number of aromatic amines is 1. The highest BCUT2D eigenvalue weighted by molar-refractivity contribution is 5.79. The zero-order valence-electron chi connectivity index (χ0n) is 21.0. The minimum absolute atomic E-state index is 0.169. The number of aryl methyl sites for hydroxylation is 1. The molecule has 1 unspecified atom stereocenters. The molecule has 0 amide bonds. The lowest BCUT2D eigenvalue weighted by Gasteiger charge is -2.32. The lowest BCUT2D eigenvalue weighted by Crippen LogP contribution is -2.37. The Balaban J connectivity index is 1.73. The van der Waals surface area contributed by atoms with E-state index in [1.807, 2.05) is 76.2 Å². The number of nitrogens with zero attached hydrogens (tertiary/aromatic N) is 5. The zero-order chi connectivity index (χ0) is 25.3. The van der Waals surface area contributed by atoms with Gasteiger partial charge in [-0.1, -0.05) is 42.0 Å². The molecule has 0 spiro atoms. The van der Waals surface area contributed by atoms with Crippen molar-refractivity contribution >= 4 is 10.9 Å². The Morgan fingerprint density at radius 2 is 1.83 bits per heavy atom. The minimum Gasteiger partial charge on any atom is -0.468 e. The van der Waals surface area contributed by atoms with E-state index >= 15 is 0 Å². The Morgan fingerprint density at radius 3 is 2.56 bits per heavy atom. The van der Waals surface area contributed by atoms with Gasteiger partial charge in [0.2, 0.25) is 0 Å². The quantitative estimate of drug-likeness (QED) is 0.352. The van der Waals surface area contributed by atoms with Gasteiger partial charge in [0.05, 0.1) is 18.3 Å². The van der Waals surface area contributed by atoms with Crippen molar-refractivity contribution in [3.8, 4) is 0 Å². The summed E-state index contributed by atoms with van der Waals surface area (Å²) in [6.07, 6.45) is 1.66. The number of tetrazole rings is 1. The first-order chi connectivity index (χ1) is 17.3. The molecular weight excluding hydrogens is 452 g/mol. The fourth-order valence-electron chi connectivity index (χ4n) is 4.55. The molecule has 8 heteroatoms. The van der Waals surface area contributed by atoms with Crippen LogP contribution < -0.4 is 5.56 Å². The van der Waals surface area contributed by atoms with Crippen LogP contribution in [0.4, 0.5) is 0 Å². The second-order valence-corrected chi connectivity index (χ2v) is 10.1.